The van der Waals surface area contributed by atoms with Gasteiger partial charge in [0.15, 0.2) is 5.72 Å². The second kappa shape index (κ2) is 9.43. The van der Waals surface area contributed by atoms with E-state index in [-0.39, 0.29) is 5.82 Å². The van der Waals surface area contributed by atoms with Crippen LogP contribution in [0.4, 0.5) is 4.39 Å². The third-order valence-corrected chi connectivity index (χ3v) is 7.16. The van der Waals surface area contributed by atoms with Gasteiger partial charge in [-0.3, -0.25) is 0 Å². The van der Waals surface area contributed by atoms with Crippen molar-refractivity contribution in [2.24, 2.45) is 5.92 Å². The molecule has 2 aromatic rings. The normalized spacial score (nSPS) is 23.0. The van der Waals surface area contributed by atoms with E-state index in [0.717, 1.165) is 27.9 Å². The molecule has 1 atom stereocenters. The molecule has 0 amide bonds. The number of unbranched alkanes of at least 4 members (excludes halogenated alkanes) is 1. The lowest BCUT2D eigenvalue weighted by Gasteiger charge is -2.32. The Hall–Kier alpha value is -1.70. The molecule has 5 nitrogen and oxygen atoms in total. The number of H-pyrrole nitrogens is 1. The highest BCUT2D eigenvalue weighted by atomic mass is 79.9. The van der Waals surface area contributed by atoms with Gasteiger partial charge in [-0.15, -0.1) is 0 Å². The second-order valence-corrected chi connectivity index (χ2v) is 9.90. The van der Waals surface area contributed by atoms with Gasteiger partial charge in [-0.25, -0.2) is 9.37 Å². The van der Waals surface area contributed by atoms with Crippen LogP contribution in [-0.4, -0.2) is 47.3 Å². The van der Waals surface area contributed by atoms with E-state index in [0.29, 0.717) is 23.5 Å². The number of ether oxygens (including phenoxy) is 1. The molecule has 31 heavy (non-hydrogen) atoms. The Labute approximate surface area is 192 Å². The molecule has 0 aliphatic carbocycles. The predicted molar refractivity (Wildman–Crippen MR) is 127 cm³/mol. The van der Waals surface area contributed by atoms with Gasteiger partial charge in [0.05, 0.1) is 11.0 Å². The number of aryl methyl sites for hydroxylation is 1. The minimum atomic E-state index is -0.612. The molecule has 1 unspecified atom stereocenters. The second-order valence-electron chi connectivity index (χ2n) is 9.05. The Balaban J connectivity index is 1.37. The average molecular weight is 491 g/mol. The van der Waals surface area contributed by atoms with E-state index >= 15 is 0 Å². The first-order valence-electron chi connectivity index (χ1n) is 11.2. The van der Waals surface area contributed by atoms with Crippen LogP contribution in [0.3, 0.4) is 0 Å². The Morgan fingerprint density at radius 1 is 1.29 bits per heavy atom. The van der Waals surface area contributed by atoms with Gasteiger partial charge in [-0.2, -0.15) is 0 Å². The number of rotatable bonds is 7. The molecule has 3 heterocycles. The number of hydrogen-bond donors (Lipinski definition) is 2. The third-order valence-electron chi connectivity index (χ3n) is 6.51. The fraction of sp³-hybridized carbons (Fsp3) is 0.542. The molecule has 7 heteroatoms. The molecule has 1 saturated heterocycles. The summed E-state index contributed by atoms with van der Waals surface area (Å²) >= 11 is 3.61. The maximum Gasteiger partial charge on any atom is 0.155 e. The minimum absolute atomic E-state index is 0.243. The predicted octanol–water partition coefficient (Wildman–Crippen LogP) is 5.48. The maximum absolute atomic E-state index is 13.9. The number of nitrogens with zero attached hydrogens (tertiary/aromatic N) is 2. The van der Waals surface area contributed by atoms with Crippen LogP contribution < -0.4 is 5.32 Å². The number of likely N-dealkylation sites (tertiary alicyclic amines) is 1. The van der Waals surface area contributed by atoms with Crippen molar-refractivity contribution >= 4 is 32.5 Å². The molecule has 0 saturated carbocycles. The zero-order valence-electron chi connectivity index (χ0n) is 18.6. The molecule has 168 valence electrons. The summed E-state index contributed by atoms with van der Waals surface area (Å²) in [5.41, 5.74) is 2.33. The number of aromatic nitrogens is 2. The van der Waals surface area contributed by atoms with Crippen molar-refractivity contribution in [3.05, 3.63) is 46.1 Å². The summed E-state index contributed by atoms with van der Waals surface area (Å²) in [6, 6.07) is 3.20. The van der Waals surface area contributed by atoms with E-state index in [4.69, 9.17) is 4.74 Å². The molecule has 0 radical (unpaired) electrons. The highest BCUT2D eigenvalue weighted by Gasteiger charge is 2.28. The molecule has 0 spiro atoms. The van der Waals surface area contributed by atoms with Crippen LogP contribution in [0.1, 0.15) is 50.4 Å². The molecule has 0 bridgehead atoms. The van der Waals surface area contributed by atoms with Gasteiger partial charge in [0.25, 0.3) is 0 Å². The number of allylic oxidation sites excluding steroid dienone is 2. The molecular weight excluding hydrogens is 459 g/mol. The Bertz CT molecular complexity index is 993. The van der Waals surface area contributed by atoms with Crippen LogP contribution in [0.2, 0.25) is 0 Å². The van der Waals surface area contributed by atoms with Gasteiger partial charge < -0.3 is 19.9 Å². The fourth-order valence-electron chi connectivity index (χ4n) is 4.42. The lowest BCUT2D eigenvalue weighted by atomic mass is 9.92. The zero-order chi connectivity index (χ0) is 22.0. The maximum atomic E-state index is 13.9. The molecule has 1 aromatic heterocycles. The van der Waals surface area contributed by atoms with E-state index in [1.165, 1.54) is 44.8 Å². The first-order valence-corrected chi connectivity index (χ1v) is 12.0. The summed E-state index contributed by atoms with van der Waals surface area (Å²) in [5, 5.41) is 3.33. The van der Waals surface area contributed by atoms with Crippen molar-refractivity contribution < 1.29 is 9.13 Å². The first kappa shape index (κ1) is 22.5. The summed E-state index contributed by atoms with van der Waals surface area (Å²) in [5.74, 6) is 1.32. The van der Waals surface area contributed by atoms with Crippen molar-refractivity contribution in [2.45, 2.75) is 51.7 Å². The Kier molecular flexibility index (Phi) is 6.84. The zero-order valence-corrected chi connectivity index (χ0v) is 20.2. The summed E-state index contributed by atoms with van der Waals surface area (Å²) in [7, 11) is 2.21. The monoisotopic (exact) mass is 490 g/mol. The van der Waals surface area contributed by atoms with Gasteiger partial charge in [-0.05, 0) is 93.3 Å². The van der Waals surface area contributed by atoms with Crippen LogP contribution in [0.15, 0.2) is 28.9 Å². The number of aromatic amines is 1. The van der Waals surface area contributed by atoms with Crippen molar-refractivity contribution in [3.8, 4) is 0 Å². The number of fused-ring (bicyclic) bond motifs is 1. The van der Waals surface area contributed by atoms with Crippen molar-refractivity contribution in [2.75, 3.05) is 26.7 Å². The van der Waals surface area contributed by atoms with E-state index in [1.807, 2.05) is 19.2 Å². The molecule has 2 aliphatic heterocycles. The lowest BCUT2D eigenvalue weighted by molar-refractivity contribution is -0.0127. The van der Waals surface area contributed by atoms with Gasteiger partial charge in [-0.1, -0.05) is 12.8 Å². The van der Waals surface area contributed by atoms with E-state index in [1.54, 1.807) is 13.0 Å². The van der Waals surface area contributed by atoms with Gasteiger partial charge in [0, 0.05) is 28.4 Å². The molecular formula is C24H32BrFN4O. The number of nitrogens with one attached hydrogen (secondary N) is 2. The number of hydrogen-bond acceptors (Lipinski definition) is 4. The van der Waals surface area contributed by atoms with Gasteiger partial charge >= 0.3 is 0 Å². The van der Waals surface area contributed by atoms with Crippen molar-refractivity contribution in [1.29, 1.82) is 0 Å². The van der Waals surface area contributed by atoms with E-state index in [2.05, 4.69) is 43.2 Å². The molecule has 1 aromatic carbocycles. The lowest BCUT2D eigenvalue weighted by Crippen LogP contribution is -2.42. The number of piperidine rings is 1. The SMILES string of the molecule is Cc1c(F)ccc2[nH]c(C3=CC(C)(OCCCCC4CCN(C)CC4)NC=C3Br)nc12. The van der Waals surface area contributed by atoms with E-state index < -0.39 is 5.72 Å². The quantitative estimate of drug-likeness (QED) is 0.504. The average Bonchev–Trinajstić information content (AvgIpc) is 3.19. The van der Waals surface area contributed by atoms with Crippen molar-refractivity contribution in [1.82, 2.24) is 20.2 Å². The summed E-state index contributed by atoms with van der Waals surface area (Å²) in [6.45, 7) is 6.93. The highest BCUT2D eigenvalue weighted by molar-refractivity contribution is 9.12. The van der Waals surface area contributed by atoms with Gasteiger partial charge in [0.1, 0.15) is 11.6 Å². The van der Waals surface area contributed by atoms with Crippen LogP contribution >= 0.6 is 15.9 Å². The van der Waals surface area contributed by atoms with Crippen molar-refractivity contribution in [3.63, 3.8) is 0 Å². The summed E-state index contributed by atoms with van der Waals surface area (Å²) in [6.07, 6.45) is 10.1. The third kappa shape index (κ3) is 5.21. The summed E-state index contributed by atoms with van der Waals surface area (Å²) < 4.78 is 21.0. The van der Waals surface area contributed by atoms with Crippen LogP contribution in [0, 0.1) is 18.7 Å². The Morgan fingerprint density at radius 2 is 2.06 bits per heavy atom. The molecule has 2 aliphatic rings. The molecule has 2 N–H and O–H groups in total. The highest BCUT2D eigenvalue weighted by Crippen LogP contribution is 2.33. The Morgan fingerprint density at radius 3 is 2.84 bits per heavy atom. The molecule has 1 fully saturated rings. The number of halogens is 2. The van der Waals surface area contributed by atoms with E-state index in [9.17, 15) is 4.39 Å². The van der Waals surface area contributed by atoms with Crippen LogP contribution in [0.25, 0.3) is 16.6 Å². The van der Waals surface area contributed by atoms with Crippen LogP contribution in [0.5, 0.6) is 0 Å². The smallest absolute Gasteiger partial charge is 0.155 e. The molecule has 4 rings (SSSR count). The fourth-order valence-corrected chi connectivity index (χ4v) is 4.84. The number of benzene rings is 1. The largest absolute Gasteiger partial charge is 0.360 e. The first-order chi connectivity index (χ1) is 14.8. The van der Waals surface area contributed by atoms with Crippen LogP contribution in [-0.2, 0) is 4.74 Å². The minimum Gasteiger partial charge on any atom is -0.360 e. The topological polar surface area (TPSA) is 53.2 Å². The number of imidazole rings is 1. The standard InChI is InChI=1S/C24H32BrFN4O/c1-16-20(26)7-8-21-22(16)29-23(28-21)18-14-24(2,27-15-19(18)25)31-13-5-4-6-17-9-11-30(3)12-10-17/h7-8,14-15,17,27H,4-6,9-13H2,1-3H3,(H,28,29). The number of dihydropyridines is 1. The van der Waals surface area contributed by atoms with Gasteiger partial charge in [0.2, 0.25) is 0 Å². The summed E-state index contributed by atoms with van der Waals surface area (Å²) in [4.78, 5) is 10.4.